The zero-order valence-corrected chi connectivity index (χ0v) is 14.3. The van der Waals surface area contributed by atoms with Crippen LogP contribution in [0.15, 0.2) is 42.5 Å². The molecule has 0 spiro atoms. The molecule has 5 rings (SSSR count). The Labute approximate surface area is 150 Å². The van der Waals surface area contributed by atoms with Gasteiger partial charge in [-0.2, -0.15) is 0 Å². The van der Waals surface area contributed by atoms with Crippen molar-refractivity contribution in [2.75, 3.05) is 19.8 Å². The minimum absolute atomic E-state index is 0.0430. The molecule has 3 aromatic rings. The van der Waals surface area contributed by atoms with Crippen LogP contribution in [0.4, 0.5) is 0 Å². The largest absolute Gasteiger partial charge is 0.350 e. The van der Waals surface area contributed by atoms with Gasteiger partial charge in [0, 0.05) is 24.2 Å². The molecule has 2 aromatic carbocycles. The fourth-order valence-electron chi connectivity index (χ4n) is 3.69. The highest BCUT2D eigenvalue weighted by atomic mass is 16.7. The van der Waals surface area contributed by atoms with Crippen molar-refractivity contribution in [2.45, 2.75) is 19.3 Å². The topological polar surface area (TPSA) is 65.4 Å². The molecule has 26 heavy (non-hydrogen) atoms. The number of rotatable bonds is 2. The van der Waals surface area contributed by atoms with Crippen LogP contribution in [0.25, 0.3) is 22.4 Å². The molecule has 1 amide bonds. The van der Waals surface area contributed by atoms with Crippen molar-refractivity contribution in [3.63, 3.8) is 0 Å². The molecule has 2 aliphatic heterocycles. The van der Waals surface area contributed by atoms with Crippen molar-refractivity contribution in [1.29, 1.82) is 0 Å². The van der Waals surface area contributed by atoms with Crippen molar-refractivity contribution in [1.82, 2.24) is 14.9 Å². The molecule has 132 valence electrons. The first-order valence-corrected chi connectivity index (χ1v) is 8.92. The molecule has 0 unspecified atom stereocenters. The van der Waals surface area contributed by atoms with Crippen LogP contribution in [0.3, 0.4) is 0 Å². The number of carbonyl (C=O) groups excluding carboxylic acids is 1. The maximum Gasteiger partial charge on any atom is 0.253 e. The summed E-state index contributed by atoms with van der Waals surface area (Å²) in [5.74, 6) is 0.820. The molecule has 0 radical (unpaired) electrons. The number of para-hydroxylation sites is 1. The molecule has 1 aromatic heterocycles. The Bertz CT molecular complexity index is 989. The van der Waals surface area contributed by atoms with E-state index in [2.05, 4.69) is 16.0 Å². The van der Waals surface area contributed by atoms with Crippen molar-refractivity contribution in [3.05, 3.63) is 53.6 Å². The number of aromatic nitrogens is 2. The van der Waals surface area contributed by atoms with Crippen LogP contribution in [0.5, 0.6) is 0 Å². The summed E-state index contributed by atoms with van der Waals surface area (Å²) in [6.07, 6.45) is 0.603. The summed E-state index contributed by atoms with van der Waals surface area (Å²) in [5, 5.41) is 2.95. The van der Waals surface area contributed by atoms with Crippen LogP contribution in [-0.2, 0) is 16.0 Å². The molecule has 1 fully saturated rings. The van der Waals surface area contributed by atoms with Gasteiger partial charge in [-0.25, -0.2) is 4.98 Å². The van der Waals surface area contributed by atoms with Gasteiger partial charge in [0.2, 0.25) is 0 Å². The Balaban J connectivity index is 1.64. The van der Waals surface area contributed by atoms with Crippen LogP contribution in [0.1, 0.15) is 28.6 Å². The standard InChI is InChI=1S/C20H19N3O3/c24-19-15-6-2-7-16-17(15)23(9-8-21-19)18(22-16)13-4-1-5-14(12-13)20-25-10-3-11-26-20/h1-2,4-7,12,20H,3,8-11H2,(H,21,24). The summed E-state index contributed by atoms with van der Waals surface area (Å²) in [7, 11) is 0. The molecular weight excluding hydrogens is 330 g/mol. The molecule has 0 aliphatic carbocycles. The Morgan fingerprint density at radius 3 is 2.85 bits per heavy atom. The lowest BCUT2D eigenvalue weighted by molar-refractivity contribution is -0.183. The average molecular weight is 349 g/mol. The van der Waals surface area contributed by atoms with E-state index in [1.807, 2.05) is 36.4 Å². The molecule has 1 saturated heterocycles. The maximum atomic E-state index is 12.3. The first kappa shape index (κ1) is 15.5. The van der Waals surface area contributed by atoms with Crippen LogP contribution < -0.4 is 5.32 Å². The molecule has 6 nitrogen and oxygen atoms in total. The second kappa shape index (κ2) is 6.23. The fourth-order valence-corrected chi connectivity index (χ4v) is 3.69. The van der Waals surface area contributed by atoms with Crippen LogP contribution in [0.2, 0.25) is 0 Å². The number of nitrogens with one attached hydrogen (secondary N) is 1. The molecule has 6 heteroatoms. The first-order chi connectivity index (χ1) is 12.8. The van der Waals surface area contributed by atoms with Gasteiger partial charge in [0.1, 0.15) is 5.82 Å². The third-order valence-electron chi connectivity index (χ3n) is 4.88. The van der Waals surface area contributed by atoms with Gasteiger partial charge in [-0.3, -0.25) is 4.79 Å². The number of carbonyl (C=O) groups is 1. The van der Waals surface area contributed by atoms with Gasteiger partial charge in [-0.05, 0) is 24.6 Å². The average Bonchev–Trinajstić information content (AvgIpc) is 2.98. The lowest BCUT2D eigenvalue weighted by atomic mass is 10.1. The van der Waals surface area contributed by atoms with Gasteiger partial charge in [0.15, 0.2) is 6.29 Å². The Hall–Kier alpha value is -2.70. The van der Waals surface area contributed by atoms with E-state index in [-0.39, 0.29) is 12.2 Å². The Kier molecular flexibility index (Phi) is 3.72. The quantitative estimate of drug-likeness (QED) is 0.773. The number of amides is 1. The summed E-state index contributed by atoms with van der Waals surface area (Å²) in [5.41, 5.74) is 4.40. The number of benzene rings is 2. The minimum atomic E-state index is -0.323. The molecule has 2 aliphatic rings. The molecule has 0 bridgehead atoms. The highest BCUT2D eigenvalue weighted by Gasteiger charge is 2.23. The van der Waals surface area contributed by atoms with Crippen molar-refractivity contribution >= 4 is 16.9 Å². The summed E-state index contributed by atoms with van der Waals surface area (Å²) in [6.45, 7) is 2.70. The molecule has 3 heterocycles. The van der Waals surface area contributed by atoms with E-state index in [0.29, 0.717) is 31.9 Å². The summed E-state index contributed by atoms with van der Waals surface area (Å²) in [4.78, 5) is 17.1. The first-order valence-electron chi connectivity index (χ1n) is 8.92. The number of hydrogen-bond donors (Lipinski definition) is 1. The predicted molar refractivity (Wildman–Crippen MR) is 96.8 cm³/mol. The molecular formula is C20H19N3O3. The van der Waals surface area contributed by atoms with E-state index in [0.717, 1.165) is 34.4 Å². The number of nitrogens with zero attached hydrogens (tertiary/aromatic N) is 2. The minimum Gasteiger partial charge on any atom is -0.350 e. The lowest BCUT2D eigenvalue weighted by Crippen LogP contribution is -2.24. The van der Waals surface area contributed by atoms with Gasteiger partial charge < -0.3 is 19.4 Å². The van der Waals surface area contributed by atoms with Crippen LogP contribution in [0, 0.1) is 0 Å². The van der Waals surface area contributed by atoms with E-state index < -0.39 is 0 Å². The van der Waals surface area contributed by atoms with Crippen LogP contribution in [-0.4, -0.2) is 35.2 Å². The van der Waals surface area contributed by atoms with Crippen molar-refractivity contribution in [2.24, 2.45) is 0 Å². The third-order valence-corrected chi connectivity index (χ3v) is 4.88. The van der Waals surface area contributed by atoms with Crippen molar-refractivity contribution < 1.29 is 14.3 Å². The Morgan fingerprint density at radius 2 is 1.96 bits per heavy atom. The lowest BCUT2D eigenvalue weighted by Gasteiger charge is -2.23. The van der Waals surface area contributed by atoms with E-state index >= 15 is 0 Å². The molecule has 0 atom stereocenters. The summed E-state index contributed by atoms with van der Waals surface area (Å²) >= 11 is 0. The smallest absolute Gasteiger partial charge is 0.253 e. The second-order valence-electron chi connectivity index (χ2n) is 6.57. The highest BCUT2D eigenvalue weighted by Crippen LogP contribution is 2.31. The highest BCUT2D eigenvalue weighted by molar-refractivity contribution is 6.06. The number of imidazole rings is 1. The van der Waals surface area contributed by atoms with Crippen LogP contribution >= 0.6 is 0 Å². The normalized spacial score (nSPS) is 17.9. The van der Waals surface area contributed by atoms with Gasteiger partial charge in [-0.1, -0.05) is 24.3 Å². The van der Waals surface area contributed by atoms with Crippen molar-refractivity contribution in [3.8, 4) is 11.4 Å². The van der Waals surface area contributed by atoms with Gasteiger partial charge in [0.05, 0.1) is 29.8 Å². The van der Waals surface area contributed by atoms with E-state index in [9.17, 15) is 4.79 Å². The SMILES string of the molecule is O=C1NCCn2c(-c3cccc(C4OCCCO4)c3)nc3cccc1c32. The van der Waals surface area contributed by atoms with E-state index in [4.69, 9.17) is 14.5 Å². The van der Waals surface area contributed by atoms with E-state index in [1.165, 1.54) is 0 Å². The number of ether oxygens (including phenoxy) is 2. The van der Waals surface area contributed by atoms with Gasteiger partial charge in [0.25, 0.3) is 5.91 Å². The van der Waals surface area contributed by atoms with Gasteiger partial charge >= 0.3 is 0 Å². The number of hydrogen-bond acceptors (Lipinski definition) is 4. The summed E-state index contributed by atoms with van der Waals surface area (Å²) < 4.78 is 13.6. The van der Waals surface area contributed by atoms with Gasteiger partial charge in [-0.15, -0.1) is 0 Å². The maximum absolute atomic E-state index is 12.3. The third kappa shape index (κ3) is 2.50. The fraction of sp³-hybridized carbons (Fsp3) is 0.300. The Morgan fingerprint density at radius 1 is 1.12 bits per heavy atom. The zero-order chi connectivity index (χ0) is 17.5. The van der Waals surface area contributed by atoms with E-state index in [1.54, 1.807) is 0 Å². The summed E-state index contributed by atoms with van der Waals surface area (Å²) in [6, 6.07) is 13.8. The zero-order valence-electron chi connectivity index (χ0n) is 14.3. The molecule has 0 saturated carbocycles. The molecule has 1 N–H and O–H groups in total. The predicted octanol–water partition coefficient (Wildman–Crippen LogP) is 2.88. The monoisotopic (exact) mass is 349 g/mol. The second-order valence-corrected chi connectivity index (χ2v) is 6.57.